The van der Waals surface area contributed by atoms with Crippen molar-refractivity contribution < 1.29 is 4.39 Å². The first kappa shape index (κ1) is 10.4. The number of nitrogens with two attached hydrogens (primary N) is 1. The van der Waals surface area contributed by atoms with Gasteiger partial charge < -0.3 is 11.1 Å². The Morgan fingerprint density at radius 3 is 3.00 bits per heavy atom. The molecule has 1 aromatic carbocycles. The predicted octanol–water partition coefficient (Wildman–Crippen LogP) is 2.55. The van der Waals surface area contributed by atoms with Crippen LogP contribution in [0, 0.1) is 5.82 Å². The van der Waals surface area contributed by atoms with Crippen LogP contribution in [0.5, 0.6) is 0 Å². The minimum absolute atomic E-state index is 0.330. The molecule has 0 amide bonds. The monoisotopic (exact) mass is 217 g/mol. The third-order valence-corrected chi connectivity index (χ3v) is 2.32. The van der Waals surface area contributed by atoms with Crippen molar-refractivity contribution in [1.82, 2.24) is 4.98 Å². The molecule has 0 atom stereocenters. The van der Waals surface area contributed by atoms with E-state index in [0.29, 0.717) is 28.8 Å². The predicted molar refractivity (Wildman–Crippen MR) is 64.8 cm³/mol. The van der Waals surface area contributed by atoms with Gasteiger partial charge in [0.1, 0.15) is 11.6 Å². The highest BCUT2D eigenvalue weighted by Gasteiger charge is 2.08. The summed E-state index contributed by atoms with van der Waals surface area (Å²) < 4.78 is 13.7. The second-order valence-electron chi connectivity index (χ2n) is 3.39. The van der Waals surface area contributed by atoms with Gasteiger partial charge in [-0.15, -0.1) is 6.58 Å². The normalized spacial score (nSPS) is 10.3. The lowest BCUT2D eigenvalue weighted by Gasteiger charge is -2.09. The SMILES string of the molecule is C=CCNc1nccc2c(N)ccc(F)c12. The van der Waals surface area contributed by atoms with Crippen LogP contribution < -0.4 is 11.1 Å². The summed E-state index contributed by atoms with van der Waals surface area (Å²) in [4.78, 5) is 4.09. The molecule has 0 fully saturated rings. The van der Waals surface area contributed by atoms with Gasteiger partial charge in [-0.25, -0.2) is 9.37 Å². The molecule has 3 nitrogen and oxygen atoms in total. The van der Waals surface area contributed by atoms with Crippen molar-refractivity contribution in [3.63, 3.8) is 0 Å². The highest BCUT2D eigenvalue weighted by molar-refractivity contribution is 5.99. The second-order valence-corrected chi connectivity index (χ2v) is 3.39. The third kappa shape index (κ3) is 1.69. The van der Waals surface area contributed by atoms with E-state index < -0.39 is 0 Å². The Morgan fingerprint density at radius 2 is 2.25 bits per heavy atom. The fourth-order valence-corrected chi connectivity index (χ4v) is 1.58. The molecule has 16 heavy (non-hydrogen) atoms. The zero-order valence-corrected chi connectivity index (χ0v) is 8.70. The van der Waals surface area contributed by atoms with Crippen LogP contribution in [0.25, 0.3) is 10.8 Å². The first-order chi connectivity index (χ1) is 7.74. The summed E-state index contributed by atoms with van der Waals surface area (Å²) >= 11 is 0. The number of hydrogen-bond acceptors (Lipinski definition) is 3. The molecule has 2 aromatic rings. The zero-order chi connectivity index (χ0) is 11.5. The molecule has 0 aliphatic rings. The average molecular weight is 217 g/mol. The number of nitrogens with zero attached hydrogens (tertiary/aromatic N) is 1. The molecular weight excluding hydrogens is 205 g/mol. The van der Waals surface area contributed by atoms with E-state index in [-0.39, 0.29) is 5.82 Å². The van der Waals surface area contributed by atoms with Crippen molar-refractivity contribution in [2.24, 2.45) is 0 Å². The van der Waals surface area contributed by atoms with Gasteiger partial charge in [0.25, 0.3) is 0 Å². The Bertz CT molecular complexity index is 537. The summed E-state index contributed by atoms with van der Waals surface area (Å²) in [5, 5.41) is 4.07. The molecule has 0 bridgehead atoms. The number of aromatic nitrogens is 1. The molecule has 0 saturated carbocycles. The molecule has 1 heterocycles. The minimum atomic E-state index is -0.330. The smallest absolute Gasteiger partial charge is 0.137 e. The van der Waals surface area contributed by atoms with E-state index in [1.165, 1.54) is 6.07 Å². The van der Waals surface area contributed by atoms with E-state index in [1.807, 2.05) is 0 Å². The summed E-state index contributed by atoms with van der Waals surface area (Å²) in [5.74, 6) is 0.158. The molecule has 0 aliphatic heterocycles. The van der Waals surface area contributed by atoms with E-state index in [4.69, 9.17) is 5.73 Å². The van der Waals surface area contributed by atoms with Gasteiger partial charge in [-0.1, -0.05) is 6.08 Å². The number of pyridine rings is 1. The van der Waals surface area contributed by atoms with Crippen LogP contribution in [0.2, 0.25) is 0 Å². The lowest BCUT2D eigenvalue weighted by atomic mass is 10.1. The Kier molecular flexibility index (Phi) is 2.72. The van der Waals surface area contributed by atoms with Gasteiger partial charge >= 0.3 is 0 Å². The quantitative estimate of drug-likeness (QED) is 0.613. The summed E-state index contributed by atoms with van der Waals surface area (Å²) in [7, 11) is 0. The number of rotatable bonds is 3. The Morgan fingerprint density at radius 1 is 1.44 bits per heavy atom. The first-order valence-electron chi connectivity index (χ1n) is 4.91. The van der Waals surface area contributed by atoms with Gasteiger partial charge in [-0.05, 0) is 18.2 Å². The highest BCUT2D eigenvalue weighted by Crippen LogP contribution is 2.28. The first-order valence-corrected chi connectivity index (χ1v) is 4.91. The number of hydrogen-bond donors (Lipinski definition) is 2. The van der Waals surface area contributed by atoms with Gasteiger partial charge in [0, 0.05) is 23.8 Å². The second kappa shape index (κ2) is 4.18. The highest BCUT2D eigenvalue weighted by atomic mass is 19.1. The lowest BCUT2D eigenvalue weighted by molar-refractivity contribution is 0.640. The van der Waals surface area contributed by atoms with Crippen molar-refractivity contribution in [2.45, 2.75) is 0 Å². The van der Waals surface area contributed by atoms with Crippen LogP contribution in [-0.2, 0) is 0 Å². The topological polar surface area (TPSA) is 50.9 Å². The van der Waals surface area contributed by atoms with Gasteiger partial charge in [0.15, 0.2) is 0 Å². The number of halogens is 1. The number of fused-ring (bicyclic) bond motifs is 1. The number of anilines is 2. The van der Waals surface area contributed by atoms with Gasteiger partial charge in [0.2, 0.25) is 0 Å². The van der Waals surface area contributed by atoms with Gasteiger partial charge in [-0.3, -0.25) is 0 Å². The third-order valence-electron chi connectivity index (χ3n) is 2.32. The van der Waals surface area contributed by atoms with Crippen LogP contribution in [0.4, 0.5) is 15.9 Å². The Hall–Kier alpha value is -2.10. The molecule has 4 heteroatoms. The Labute approximate surface area is 92.8 Å². The molecule has 0 unspecified atom stereocenters. The maximum absolute atomic E-state index is 13.7. The molecule has 0 aliphatic carbocycles. The molecule has 1 aromatic heterocycles. The van der Waals surface area contributed by atoms with Crippen molar-refractivity contribution in [2.75, 3.05) is 17.6 Å². The van der Waals surface area contributed by atoms with Crippen LogP contribution in [0.1, 0.15) is 0 Å². The van der Waals surface area contributed by atoms with Crippen LogP contribution in [-0.4, -0.2) is 11.5 Å². The number of benzene rings is 1. The van der Waals surface area contributed by atoms with E-state index in [9.17, 15) is 4.39 Å². The molecule has 0 radical (unpaired) electrons. The molecule has 3 N–H and O–H groups in total. The summed E-state index contributed by atoms with van der Waals surface area (Å²) in [5.41, 5.74) is 6.32. The van der Waals surface area contributed by atoms with E-state index in [2.05, 4.69) is 16.9 Å². The molecular formula is C12H12FN3. The fraction of sp³-hybridized carbons (Fsp3) is 0.0833. The van der Waals surface area contributed by atoms with Crippen molar-refractivity contribution >= 4 is 22.3 Å². The van der Waals surface area contributed by atoms with Crippen molar-refractivity contribution in [3.8, 4) is 0 Å². The van der Waals surface area contributed by atoms with Gasteiger partial charge in [0.05, 0.1) is 5.39 Å². The van der Waals surface area contributed by atoms with Crippen molar-refractivity contribution in [3.05, 3.63) is 42.9 Å². The fourth-order valence-electron chi connectivity index (χ4n) is 1.58. The van der Waals surface area contributed by atoms with Crippen LogP contribution >= 0.6 is 0 Å². The number of nitrogens with one attached hydrogen (secondary N) is 1. The van der Waals surface area contributed by atoms with E-state index in [1.54, 1.807) is 24.4 Å². The standard InChI is InChI=1S/C12H12FN3/c1-2-6-15-12-11-8(5-7-16-12)10(14)4-3-9(11)13/h2-5,7H,1,6,14H2,(H,15,16). The maximum Gasteiger partial charge on any atom is 0.137 e. The molecule has 82 valence electrons. The van der Waals surface area contributed by atoms with Crippen LogP contribution in [0.3, 0.4) is 0 Å². The minimum Gasteiger partial charge on any atom is -0.398 e. The average Bonchev–Trinajstić information content (AvgIpc) is 2.31. The Balaban J connectivity index is 2.65. The van der Waals surface area contributed by atoms with Crippen molar-refractivity contribution in [1.29, 1.82) is 0 Å². The molecule has 2 rings (SSSR count). The van der Waals surface area contributed by atoms with Crippen LogP contribution in [0.15, 0.2) is 37.1 Å². The summed E-state index contributed by atoms with van der Waals surface area (Å²) in [6.07, 6.45) is 3.29. The zero-order valence-electron chi connectivity index (χ0n) is 8.70. The molecule has 0 spiro atoms. The summed E-state index contributed by atoms with van der Waals surface area (Å²) in [6, 6.07) is 4.60. The van der Waals surface area contributed by atoms with E-state index >= 15 is 0 Å². The lowest BCUT2D eigenvalue weighted by Crippen LogP contribution is -2.02. The largest absolute Gasteiger partial charge is 0.398 e. The van der Waals surface area contributed by atoms with E-state index in [0.717, 1.165) is 0 Å². The van der Waals surface area contributed by atoms with Gasteiger partial charge in [-0.2, -0.15) is 0 Å². The maximum atomic E-state index is 13.7. The molecule has 0 saturated heterocycles. The summed E-state index contributed by atoms with van der Waals surface area (Å²) in [6.45, 7) is 4.12. The number of nitrogen functional groups attached to an aromatic ring is 1.